The van der Waals surface area contributed by atoms with E-state index in [0.717, 1.165) is 24.4 Å². The standard InChI is InChI=1S/C22H29N2O2P/c1-17-13-18(2)22(26-16-25-3)21(14-17)27-20-10-6-5-9-19(20)15-23-24-11-7-4-8-12-24/h5-6,9-10,13-15,27H,4,7-8,11-12,16H2,1-3H3/b23-15+. The second-order valence-electron chi connectivity index (χ2n) is 6.98. The number of benzene rings is 2. The minimum absolute atomic E-state index is 0.263. The maximum absolute atomic E-state index is 5.88. The lowest BCUT2D eigenvalue weighted by atomic mass is 10.1. The van der Waals surface area contributed by atoms with E-state index < -0.39 is 0 Å². The molecule has 1 unspecified atom stereocenters. The van der Waals surface area contributed by atoms with Crippen LogP contribution >= 0.6 is 8.58 Å². The van der Waals surface area contributed by atoms with E-state index in [4.69, 9.17) is 14.6 Å². The Hall–Kier alpha value is -1.90. The lowest BCUT2D eigenvalue weighted by Gasteiger charge is -2.23. The molecule has 1 atom stereocenters. The van der Waals surface area contributed by atoms with Crippen molar-refractivity contribution < 1.29 is 9.47 Å². The molecule has 4 nitrogen and oxygen atoms in total. The molecule has 144 valence electrons. The normalized spacial score (nSPS) is 15.1. The molecule has 0 amide bonds. The lowest BCUT2D eigenvalue weighted by molar-refractivity contribution is 0.0514. The van der Waals surface area contributed by atoms with Crippen LogP contribution in [-0.4, -0.2) is 38.2 Å². The summed E-state index contributed by atoms with van der Waals surface area (Å²) in [4.78, 5) is 0. The van der Waals surface area contributed by atoms with Gasteiger partial charge in [0.05, 0.1) is 6.21 Å². The van der Waals surface area contributed by atoms with Crippen molar-refractivity contribution in [2.24, 2.45) is 5.10 Å². The van der Waals surface area contributed by atoms with Crippen LogP contribution in [0.2, 0.25) is 0 Å². The molecule has 2 aromatic rings. The van der Waals surface area contributed by atoms with Crippen LogP contribution in [0.3, 0.4) is 0 Å². The van der Waals surface area contributed by atoms with Crippen LogP contribution < -0.4 is 15.3 Å². The SMILES string of the molecule is COCOc1c(C)cc(C)cc1Pc1ccccc1/C=N/N1CCCCC1. The summed E-state index contributed by atoms with van der Waals surface area (Å²) in [5.41, 5.74) is 3.58. The van der Waals surface area contributed by atoms with Crippen molar-refractivity contribution in [3.05, 3.63) is 53.1 Å². The number of hydrogen-bond donors (Lipinski definition) is 0. The second kappa shape index (κ2) is 9.87. The van der Waals surface area contributed by atoms with Crippen LogP contribution in [0.5, 0.6) is 5.75 Å². The molecule has 5 heteroatoms. The van der Waals surface area contributed by atoms with E-state index in [-0.39, 0.29) is 6.79 Å². The van der Waals surface area contributed by atoms with Crippen molar-refractivity contribution >= 4 is 25.4 Å². The summed E-state index contributed by atoms with van der Waals surface area (Å²) in [6, 6.07) is 12.9. The minimum Gasteiger partial charge on any atom is -0.467 e. The highest BCUT2D eigenvalue weighted by Gasteiger charge is 2.12. The van der Waals surface area contributed by atoms with E-state index in [1.165, 1.54) is 41.0 Å². The van der Waals surface area contributed by atoms with Crippen LogP contribution in [0.4, 0.5) is 0 Å². The molecule has 0 aromatic heterocycles. The third-order valence-corrected chi connectivity index (χ3v) is 6.03. The van der Waals surface area contributed by atoms with Gasteiger partial charge in [-0.1, -0.05) is 38.9 Å². The molecule has 1 aliphatic rings. The Bertz CT molecular complexity index is 786. The molecule has 1 saturated heterocycles. The van der Waals surface area contributed by atoms with Gasteiger partial charge in [0.25, 0.3) is 0 Å². The van der Waals surface area contributed by atoms with Gasteiger partial charge >= 0.3 is 0 Å². The predicted molar refractivity (Wildman–Crippen MR) is 115 cm³/mol. The number of rotatable bonds is 7. The fraction of sp³-hybridized carbons (Fsp3) is 0.409. The van der Waals surface area contributed by atoms with Gasteiger partial charge in [-0.2, -0.15) is 5.10 Å². The van der Waals surface area contributed by atoms with Gasteiger partial charge in [0.1, 0.15) is 5.75 Å². The molecule has 3 rings (SSSR count). The molecule has 0 aliphatic carbocycles. The average Bonchev–Trinajstić information content (AvgIpc) is 2.67. The number of hydrogen-bond acceptors (Lipinski definition) is 4. The first-order chi connectivity index (χ1) is 13.2. The van der Waals surface area contributed by atoms with Crippen molar-refractivity contribution in [1.29, 1.82) is 0 Å². The molecule has 0 bridgehead atoms. The topological polar surface area (TPSA) is 34.1 Å². The molecule has 0 spiro atoms. The fourth-order valence-corrected chi connectivity index (χ4v) is 4.81. The molecular formula is C22H29N2O2P. The van der Waals surface area contributed by atoms with Crippen molar-refractivity contribution in [1.82, 2.24) is 5.01 Å². The largest absolute Gasteiger partial charge is 0.467 e. The van der Waals surface area contributed by atoms with E-state index in [1.807, 2.05) is 6.21 Å². The zero-order valence-electron chi connectivity index (χ0n) is 16.5. The first-order valence-corrected chi connectivity index (χ1v) is 10.6. The van der Waals surface area contributed by atoms with Crippen molar-refractivity contribution in [3.8, 4) is 5.75 Å². The zero-order valence-corrected chi connectivity index (χ0v) is 17.5. The summed E-state index contributed by atoms with van der Waals surface area (Å²) in [6.07, 6.45) is 5.82. The van der Waals surface area contributed by atoms with Crippen molar-refractivity contribution in [2.75, 3.05) is 27.0 Å². The number of methoxy groups -OCH3 is 1. The van der Waals surface area contributed by atoms with E-state index in [1.54, 1.807) is 7.11 Å². The number of piperidine rings is 1. The summed E-state index contributed by atoms with van der Waals surface area (Å²) >= 11 is 0. The maximum Gasteiger partial charge on any atom is 0.188 e. The van der Waals surface area contributed by atoms with Gasteiger partial charge in [0.15, 0.2) is 6.79 Å². The van der Waals surface area contributed by atoms with E-state index in [2.05, 4.69) is 55.3 Å². The monoisotopic (exact) mass is 384 g/mol. The van der Waals surface area contributed by atoms with Gasteiger partial charge in [-0.25, -0.2) is 0 Å². The van der Waals surface area contributed by atoms with Gasteiger partial charge in [0, 0.05) is 31.1 Å². The smallest absolute Gasteiger partial charge is 0.188 e. The van der Waals surface area contributed by atoms with Crippen LogP contribution in [0.1, 0.15) is 36.0 Å². The van der Waals surface area contributed by atoms with E-state index in [0.29, 0.717) is 8.58 Å². The Morgan fingerprint density at radius 1 is 1.07 bits per heavy atom. The van der Waals surface area contributed by atoms with Gasteiger partial charge in [0.2, 0.25) is 0 Å². The molecule has 0 N–H and O–H groups in total. The number of ether oxygens (including phenoxy) is 2. The Morgan fingerprint density at radius 3 is 2.63 bits per heavy atom. The van der Waals surface area contributed by atoms with Gasteiger partial charge in [-0.05, 0) is 55.6 Å². The maximum atomic E-state index is 5.88. The number of hydrazone groups is 1. The predicted octanol–water partition coefficient (Wildman–Crippen LogP) is 3.74. The zero-order chi connectivity index (χ0) is 19.1. The fourth-order valence-electron chi connectivity index (χ4n) is 3.36. The molecule has 27 heavy (non-hydrogen) atoms. The highest BCUT2D eigenvalue weighted by molar-refractivity contribution is 7.56. The highest BCUT2D eigenvalue weighted by Crippen LogP contribution is 2.25. The third kappa shape index (κ3) is 5.54. The Labute approximate surface area is 164 Å². The first-order valence-electron chi connectivity index (χ1n) is 9.55. The quantitative estimate of drug-likeness (QED) is 0.414. The summed E-state index contributed by atoms with van der Waals surface area (Å²) < 4.78 is 11.0. The van der Waals surface area contributed by atoms with Gasteiger partial charge < -0.3 is 9.47 Å². The Balaban J connectivity index is 1.84. The highest BCUT2D eigenvalue weighted by atomic mass is 31.1. The summed E-state index contributed by atoms with van der Waals surface area (Å²) in [6.45, 7) is 6.61. The number of aryl methyl sites for hydroxylation is 2. The van der Waals surface area contributed by atoms with Crippen molar-refractivity contribution in [2.45, 2.75) is 33.1 Å². The summed E-state index contributed by atoms with van der Waals surface area (Å²) in [7, 11) is 2.16. The number of nitrogens with zero attached hydrogens (tertiary/aromatic N) is 2. The Kier molecular flexibility index (Phi) is 7.25. The third-order valence-electron chi connectivity index (χ3n) is 4.66. The molecule has 0 saturated carbocycles. The molecule has 2 aromatic carbocycles. The van der Waals surface area contributed by atoms with E-state index >= 15 is 0 Å². The summed E-state index contributed by atoms with van der Waals surface area (Å²) in [5, 5.41) is 9.41. The van der Waals surface area contributed by atoms with Crippen LogP contribution in [0.15, 0.2) is 41.5 Å². The molecule has 0 radical (unpaired) electrons. The molecule has 1 heterocycles. The molecule has 1 aliphatic heterocycles. The molecular weight excluding hydrogens is 355 g/mol. The summed E-state index contributed by atoms with van der Waals surface area (Å²) in [5.74, 6) is 0.934. The van der Waals surface area contributed by atoms with Crippen LogP contribution in [0.25, 0.3) is 0 Å². The van der Waals surface area contributed by atoms with Crippen LogP contribution in [0, 0.1) is 13.8 Å². The van der Waals surface area contributed by atoms with Crippen LogP contribution in [-0.2, 0) is 4.74 Å². The van der Waals surface area contributed by atoms with Gasteiger partial charge in [-0.3, -0.25) is 5.01 Å². The Morgan fingerprint density at radius 2 is 1.85 bits per heavy atom. The van der Waals surface area contributed by atoms with Crippen molar-refractivity contribution in [3.63, 3.8) is 0 Å². The van der Waals surface area contributed by atoms with E-state index in [9.17, 15) is 0 Å². The lowest BCUT2D eigenvalue weighted by Crippen LogP contribution is -2.25. The second-order valence-corrected chi connectivity index (χ2v) is 8.31. The molecule has 1 fully saturated rings. The van der Waals surface area contributed by atoms with Gasteiger partial charge in [-0.15, -0.1) is 0 Å². The average molecular weight is 384 g/mol. The first kappa shape index (κ1) is 19.9. The minimum atomic E-state index is 0.263.